The molecule has 0 radical (unpaired) electrons. The Balaban J connectivity index is 1.67. The maximum Gasteiger partial charge on any atom is 0.230 e. The SMILES string of the molecule is COc1ccc(S(=O)(=O)CC(C)C(=O)Nc2nc(-c3ccccc3C)cs2)cc1. The number of ether oxygens (including phenoxy) is 1. The second-order valence-corrected chi connectivity index (χ2v) is 9.59. The molecule has 3 rings (SSSR count). The van der Waals surface area contributed by atoms with Crippen molar-refractivity contribution < 1.29 is 17.9 Å². The van der Waals surface area contributed by atoms with Gasteiger partial charge in [-0.2, -0.15) is 0 Å². The molecule has 2 aromatic carbocycles. The van der Waals surface area contributed by atoms with Crippen molar-refractivity contribution in [1.29, 1.82) is 0 Å². The molecule has 1 heterocycles. The Morgan fingerprint density at radius 1 is 1.17 bits per heavy atom. The van der Waals surface area contributed by atoms with E-state index in [1.165, 1.54) is 30.6 Å². The van der Waals surface area contributed by atoms with Crippen molar-refractivity contribution in [2.45, 2.75) is 18.7 Å². The van der Waals surface area contributed by atoms with Crippen LogP contribution in [-0.4, -0.2) is 32.2 Å². The zero-order chi connectivity index (χ0) is 21.0. The summed E-state index contributed by atoms with van der Waals surface area (Å²) in [6.45, 7) is 3.59. The summed E-state index contributed by atoms with van der Waals surface area (Å²) in [7, 11) is -2.09. The van der Waals surface area contributed by atoms with Crippen LogP contribution in [-0.2, 0) is 14.6 Å². The smallest absolute Gasteiger partial charge is 0.230 e. The summed E-state index contributed by atoms with van der Waals surface area (Å²) in [6.07, 6.45) is 0. The highest BCUT2D eigenvalue weighted by Crippen LogP contribution is 2.27. The van der Waals surface area contributed by atoms with E-state index in [2.05, 4.69) is 10.3 Å². The minimum atomic E-state index is -3.60. The van der Waals surface area contributed by atoms with E-state index in [1.807, 2.05) is 36.6 Å². The van der Waals surface area contributed by atoms with Gasteiger partial charge >= 0.3 is 0 Å². The molecule has 1 atom stereocenters. The summed E-state index contributed by atoms with van der Waals surface area (Å²) < 4.78 is 30.2. The molecule has 0 aliphatic heterocycles. The molecule has 1 N–H and O–H groups in total. The van der Waals surface area contributed by atoms with Crippen LogP contribution >= 0.6 is 11.3 Å². The Labute approximate surface area is 174 Å². The highest BCUT2D eigenvalue weighted by Gasteiger charge is 2.24. The molecule has 152 valence electrons. The Morgan fingerprint density at radius 3 is 2.52 bits per heavy atom. The molecule has 0 saturated heterocycles. The Morgan fingerprint density at radius 2 is 1.86 bits per heavy atom. The zero-order valence-electron chi connectivity index (χ0n) is 16.4. The van der Waals surface area contributed by atoms with Gasteiger partial charge in [-0.1, -0.05) is 31.2 Å². The number of thiazole rings is 1. The van der Waals surface area contributed by atoms with Crippen molar-refractivity contribution in [2.24, 2.45) is 5.92 Å². The van der Waals surface area contributed by atoms with Gasteiger partial charge in [0.05, 0.1) is 23.5 Å². The number of amides is 1. The van der Waals surface area contributed by atoms with Crippen molar-refractivity contribution >= 4 is 32.2 Å². The normalized spacial score (nSPS) is 12.4. The van der Waals surface area contributed by atoms with E-state index in [0.717, 1.165) is 16.8 Å². The number of sulfone groups is 1. The van der Waals surface area contributed by atoms with Crippen LogP contribution in [0.5, 0.6) is 5.75 Å². The summed E-state index contributed by atoms with van der Waals surface area (Å²) in [5, 5.41) is 5.05. The number of nitrogens with one attached hydrogen (secondary N) is 1. The molecule has 0 saturated carbocycles. The van der Waals surface area contributed by atoms with Crippen LogP contribution in [0.25, 0.3) is 11.3 Å². The summed E-state index contributed by atoms with van der Waals surface area (Å²) in [5.74, 6) is -0.829. The molecular weight excluding hydrogens is 408 g/mol. The molecule has 3 aromatic rings. The molecule has 29 heavy (non-hydrogen) atoms. The van der Waals surface area contributed by atoms with Gasteiger partial charge in [-0.25, -0.2) is 13.4 Å². The van der Waals surface area contributed by atoms with Gasteiger partial charge in [-0.05, 0) is 36.8 Å². The number of carbonyl (C=O) groups excluding carboxylic acids is 1. The zero-order valence-corrected chi connectivity index (χ0v) is 18.0. The molecule has 6 nitrogen and oxygen atoms in total. The largest absolute Gasteiger partial charge is 0.497 e. The third-order valence-corrected chi connectivity index (χ3v) is 7.18. The van der Waals surface area contributed by atoms with Gasteiger partial charge < -0.3 is 10.1 Å². The van der Waals surface area contributed by atoms with Crippen LogP contribution in [0.4, 0.5) is 5.13 Å². The van der Waals surface area contributed by atoms with Gasteiger partial charge in [-0.3, -0.25) is 4.79 Å². The van der Waals surface area contributed by atoms with E-state index in [-0.39, 0.29) is 16.6 Å². The van der Waals surface area contributed by atoms with Crippen molar-refractivity contribution in [3.05, 3.63) is 59.5 Å². The van der Waals surface area contributed by atoms with Gasteiger partial charge in [0.2, 0.25) is 5.91 Å². The third-order valence-electron chi connectivity index (χ3n) is 4.49. The van der Waals surface area contributed by atoms with E-state index in [4.69, 9.17) is 4.74 Å². The molecule has 1 amide bonds. The first kappa shape index (κ1) is 21.0. The molecule has 8 heteroatoms. The highest BCUT2D eigenvalue weighted by molar-refractivity contribution is 7.91. The Kier molecular flexibility index (Phi) is 6.34. The van der Waals surface area contributed by atoms with E-state index < -0.39 is 15.8 Å². The quantitative estimate of drug-likeness (QED) is 0.608. The number of aryl methyl sites for hydroxylation is 1. The first-order valence-corrected chi connectivity index (χ1v) is 11.5. The van der Waals surface area contributed by atoms with E-state index in [1.54, 1.807) is 19.1 Å². The average Bonchev–Trinajstić information content (AvgIpc) is 3.16. The number of rotatable bonds is 7. The summed E-state index contributed by atoms with van der Waals surface area (Å²) in [6, 6.07) is 14.0. The number of hydrogen-bond acceptors (Lipinski definition) is 6. The number of benzene rings is 2. The monoisotopic (exact) mass is 430 g/mol. The molecule has 0 bridgehead atoms. The molecule has 0 spiro atoms. The summed E-state index contributed by atoms with van der Waals surface area (Å²) in [5.41, 5.74) is 2.87. The standard InChI is InChI=1S/C21H22N2O4S2/c1-14-6-4-5-7-18(14)19-12-28-21(22-19)23-20(24)15(2)13-29(25,26)17-10-8-16(27-3)9-11-17/h4-12,15H,13H2,1-3H3,(H,22,23,24). The summed E-state index contributed by atoms with van der Waals surface area (Å²) >= 11 is 1.31. The van der Waals surface area contributed by atoms with Gasteiger partial charge in [-0.15, -0.1) is 11.3 Å². The lowest BCUT2D eigenvalue weighted by molar-refractivity contribution is -0.118. The van der Waals surface area contributed by atoms with Crippen LogP contribution < -0.4 is 10.1 Å². The van der Waals surface area contributed by atoms with Crippen molar-refractivity contribution in [1.82, 2.24) is 4.98 Å². The second kappa shape index (κ2) is 8.75. The Bertz CT molecular complexity index is 1110. The predicted molar refractivity (Wildman–Crippen MR) is 115 cm³/mol. The maximum atomic E-state index is 12.6. The molecule has 0 fully saturated rings. The number of carbonyl (C=O) groups is 1. The topological polar surface area (TPSA) is 85.4 Å². The number of hydrogen-bond donors (Lipinski definition) is 1. The Hall–Kier alpha value is -2.71. The van der Waals surface area contributed by atoms with E-state index in [9.17, 15) is 13.2 Å². The third kappa shape index (κ3) is 5.02. The molecule has 0 aliphatic carbocycles. The summed E-state index contributed by atoms with van der Waals surface area (Å²) in [4.78, 5) is 17.1. The van der Waals surface area contributed by atoms with Crippen LogP contribution in [0, 0.1) is 12.8 Å². The fourth-order valence-corrected chi connectivity index (χ4v) is 5.09. The van der Waals surface area contributed by atoms with Crippen molar-refractivity contribution in [3.63, 3.8) is 0 Å². The van der Waals surface area contributed by atoms with Crippen LogP contribution in [0.3, 0.4) is 0 Å². The maximum absolute atomic E-state index is 12.6. The molecular formula is C21H22N2O4S2. The van der Waals surface area contributed by atoms with E-state index >= 15 is 0 Å². The average molecular weight is 431 g/mol. The van der Waals surface area contributed by atoms with Gasteiger partial charge in [0.15, 0.2) is 15.0 Å². The molecule has 0 aliphatic rings. The van der Waals surface area contributed by atoms with Crippen molar-refractivity contribution in [2.75, 3.05) is 18.2 Å². The molecule has 1 aromatic heterocycles. The lowest BCUT2D eigenvalue weighted by atomic mass is 10.1. The minimum absolute atomic E-state index is 0.161. The van der Waals surface area contributed by atoms with Crippen LogP contribution in [0.1, 0.15) is 12.5 Å². The van der Waals surface area contributed by atoms with Crippen LogP contribution in [0.2, 0.25) is 0 Å². The fraction of sp³-hybridized carbons (Fsp3) is 0.238. The number of anilines is 1. The molecule has 1 unspecified atom stereocenters. The first-order chi connectivity index (χ1) is 13.8. The second-order valence-electron chi connectivity index (χ2n) is 6.70. The van der Waals surface area contributed by atoms with Crippen molar-refractivity contribution in [3.8, 4) is 17.0 Å². The minimum Gasteiger partial charge on any atom is -0.497 e. The number of aromatic nitrogens is 1. The van der Waals surface area contributed by atoms with Crippen LogP contribution in [0.15, 0.2) is 58.8 Å². The van der Waals surface area contributed by atoms with Gasteiger partial charge in [0.25, 0.3) is 0 Å². The highest BCUT2D eigenvalue weighted by atomic mass is 32.2. The lowest BCUT2D eigenvalue weighted by Crippen LogP contribution is -2.27. The lowest BCUT2D eigenvalue weighted by Gasteiger charge is -2.12. The number of methoxy groups -OCH3 is 1. The number of nitrogens with zero attached hydrogens (tertiary/aromatic N) is 1. The fourth-order valence-electron chi connectivity index (χ4n) is 2.83. The van der Waals surface area contributed by atoms with Gasteiger partial charge in [0, 0.05) is 16.9 Å². The predicted octanol–water partition coefficient (Wildman–Crippen LogP) is 4.18. The first-order valence-electron chi connectivity index (χ1n) is 8.99. The van der Waals surface area contributed by atoms with Gasteiger partial charge in [0.1, 0.15) is 5.75 Å². The van der Waals surface area contributed by atoms with E-state index in [0.29, 0.717) is 10.9 Å².